The van der Waals surface area contributed by atoms with E-state index in [1.54, 1.807) is 6.92 Å². The molecule has 0 spiro atoms. The van der Waals surface area contributed by atoms with Crippen molar-refractivity contribution in [3.05, 3.63) is 26.3 Å². The fourth-order valence-corrected chi connectivity index (χ4v) is 3.25. The molecule has 1 fully saturated rings. The van der Waals surface area contributed by atoms with E-state index in [0.717, 1.165) is 12.5 Å². The van der Waals surface area contributed by atoms with Gasteiger partial charge in [0.2, 0.25) is 0 Å². The van der Waals surface area contributed by atoms with Gasteiger partial charge in [-0.2, -0.15) is 0 Å². The van der Waals surface area contributed by atoms with Crippen LogP contribution in [0.2, 0.25) is 0 Å². The maximum atomic E-state index is 10.9. The van der Waals surface area contributed by atoms with Crippen LogP contribution in [-0.2, 0) is 0 Å². The number of hydrogen-bond acceptors (Lipinski definition) is 4. The topological polar surface area (TPSA) is 68.1 Å². The third-order valence-corrected chi connectivity index (χ3v) is 5.23. The predicted octanol–water partition coefficient (Wildman–Crippen LogP) is 4.30. The smallest absolute Gasteiger partial charge is 0.291 e. The van der Waals surface area contributed by atoms with E-state index in [-0.39, 0.29) is 5.69 Å². The molecule has 0 bridgehead atoms. The van der Waals surface area contributed by atoms with Gasteiger partial charge in [0.15, 0.2) is 0 Å². The molecule has 2 atom stereocenters. The van der Waals surface area contributed by atoms with E-state index < -0.39 is 4.92 Å². The summed E-state index contributed by atoms with van der Waals surface area (Å²) < 4.78 is 0.690. The Morgan fingerprint density at radius 2 is 2.20 bits per heavy atom. The molecule has 1 aromatic rings. The van der Waals surface area contributed by atoms with Crippen LogP contribution in [0.1, 0.15) is 38.2 Å². The summed E-state index contributed by atoms with van der Waals surface area (Å²) in [6, 6.07) is 0. The molecule has 0 saturated heterocycles. The Hall–Kier alpha value is -1.17. The van der Waals surface area contributed by atoms with E-state index in [1.807, 2.05) is 0 Å². The Kier molecular flexibility index (Phi) is 4.96. The number of rotatable bonds is 4. The highest BCUT2D eigenvalue weighted by Crippen LogP contribution is 2.33. The van der Waals surface area contributed by atoms with Crippen LogP contribution >= 0.6 is 15.9 Å². The van der Waals surface area contributed by atoms with Crippen molar-refractivity contribution in [2.45, 2.75) is 39.5 Å². The zero-order chi connectivity index (χ0) is 14.7. The lowest BCUT2D eigenvalue weighted by Crippen LogP contribution is -2.24. The summed E-state index contributed by atoms with van der Waals surface area (Å²) in [5.41, 5.74) is 0.664. The number of anilines is 1. The first-order chi connectivity index (χ1) is 9.50. The van der Waals surface area contributed by atoms with Crippen molar-refractivity contribution in [2.24, 2.45) is 11.8 Å². The van der Waals surface area contributed by atoms with Gasteiger partial charge in [-0.25, -0.2) is 4.98 Å². The summed E-state index contributed by atoms with van der Waals surface area (Å²) in [5, 5.41) is 14.2. The number of aromatic nitrogens is 1. The van der Waals surface area contributed by atoms with Gasteiger partial charge in [0.1, 0.15) is 12.0 Å². The predicted molar refractivity (Wildman–Crippen MR) is 82.9 cm³/mol. The molecule has 1 N–H and O–H groups in total. The molecule has 1 aliphatic carbocycles. The monoisotopic (exact) mass is 341 g/mol. The number of nitrogens with zero attached hydrogens (tertiary/aromatic N) is 2. The molecular formula is C14H20BrN3O2. The summed E-state index contributed by atoms with van der Waals surface area (Å²) in [7, 11) is 0. The van der Waals surface area contributed by atoms with Gasteiger partial charge < -0.3 is 5.32 Å². The zero-order valence-corrected chi connectivity index (χ0v) is 13.4. The average molecular weight is 342 g/mol. The third kappa shape index (κ3) is 3.29. The summed E-state index contributed by atoms with van der Waals surface area (Å²) in [5.74, 6) is 2.09. The van der Waals surface area contributed by atoms with Crippen LogP contribution < -0.4 is 5.32 Å². The van der Waals surface area contributed by atoms with E-state index in [1.165, 1.54) is 31.9 Å². The summed E-state index contributed by atoms with van der Waals surface area (Å²) in [6.07, 6.45) is 6.49. The van der Waals surface area contributed by atoms with Crippen molar-refractivity contribution in [2.75, 3.05) is 11.9 Å². The maximum Gasteiger partial charge on any atom is 0.291 e. The normalized spacial score (nSPS) is 22.6. The number of nitrogens with one attached hydrogen (secondary N) is 1. The Balaban J connectivity index is 2.06. The summed E-state index contributed by atoms with van der Waals surface area (Å²) in [4.78, 5) is 14.6. The molecule has 0 amide bonds. The quantitative estimate of drug-likeness (QED) is 0.654. The van der Waals surface area contributed by atoms with Gasteiger partial charge in [-0.3, -0.25) is 10.1 Å². The van der Waals surface area contributed by atoms with Crippen LogP contribution in [0.3, 0.4) is 0 Å². The molecular weight excluding hydrogens is 322 g/mol. The molecule has 1 saturated carbocycles. The van der Waals surface area contributed by atoms with E-state index in [9.17, 15) is 10.1 Å². The minimum atomic E-state index is -0.403. The van der Waals surface area contributed by atoms with Gasteiger partial charge in [-0.15, -0.1) is 0 Å². The second-order valence-electron chi connectivity index (χ2n) is 5.59. The van der Waals surface area contributed by atoms with Crippen LogP contribution in [0.15, 0.2) is 10.7 Å². The molecule has 2 rings (SSSR count). The van der Waals surface area contributed by atoms with Crippen molar-refractivity contribution in [3.63, 3.8) is 0 Å². The Bertz CT molecular complexity index is 507. The van der Waals surface area contributed by atoms with Gasteiger partial charge in [0.25, 0.3) is 5.69 Å². The molecule has 1 aromatic heterocycles. The van der Waals surface area contributed by atoms with Crippen molar-refractivity contribution in [1.82, 2.24) is 4.98 Å². The average Bonchev–Trinajstić information content (AvgIpc) is 2.41. The van der Waals surface area contributed by atoms with E-state index in [0.29, 0.717) is 21.8 Å². The molecule has 0 aliphatic heterocycles. The van der Waals surface area contributed by atoms with Gasteiger partial charge in [-0.05, 0) is 41.1 Å². The summed E-state index contributed by atoms with van der Waals surface area (Å²) >= 11 is 3.41. The molecule has 0 radical (unpaired) electrons. The third-order valence-electron chi connectivity index (χ3n) is 4.25. The molecule has 2 unspecified atom stereocenters. The Morgan fingerprint density at radius 3 is 2.85 bits per heavy atom. The molecule has 6 heteroatoms. The number of halogens is 1. The molecule has 110 valence electrons. The number of pyridine rings is 1. The second kappa shape index (κ2) is 6.52. The Morgan fingerprint density at radius 1 is 1.50 bits per heavy atom. The zero-order valence-electron chi connectivity index (χ0n) is 11.9. The molecule has 5 nitrogen and oxygen atoms in total. The maximum absolute atomic E-state index is 10.9. The first-order valence-electron chi connectivity index (χ1n) is 7.04. The minimum Gasteiger partial charge on any atom is -0.369 e. The highest BCUT2D eigenvalue weighted by Gasteiger charge is 2.22. The lowest BCUT2D eigenvalue weighted by Gasteiger charge is -2.29. The minimum absolute atomic E-state index is 0.0495. The van der Waals surface area contributed by atoms with E-state index in [2.05, 4.69) is 33.2 Å². The van der Waals surface area contributed by atoms with Crippen LogP contribution in [0, 0.1) is 28.9 Å². The summed E-state index contributed by atoms with van der Waals surface area (Å²) in [6.45, 7) is 4.91. The largest absolute Gasteiger partial charge is 0.369 e. The van der Waals surface area contributed by atoms with Crippen molar-refractivity contribution in [3.8, 4) is 0 Å². The SMILES string of the molecule is Cc1c([N+](=O)[O-])cnc(NCC2CCCCC2C)c1Br. The van der Waals surface area contributed by atoms with E-state index >= 15 is 0 Å². The van der Waals surface area contributed by atoms with Crippen LogP contribution in [0.5, 0.6) is 0 Å². The lowest BCUT2D eigenvalue weighted by atomic mass is 9.80. The number of nitro groups is 1. The highest BCUT2D eigenvalue weighted by molar-refractivity contribution is 9.10. The Labute approximate surface area is 127 Å². The van der Waals surface area contributed by atoms with Crippen molar-refractivity contribution >= 4 is 27.4 Å². The van der Waals surface area contributed by atoms with E-state index in [4.69, 9.17) is 0 Å². The first kappa shape index (κ1) is 15.2. The van der Waals surface area contributed by atoms with Gasteiger partial charge >= 0.3 is 0 Å². The van der Waals surface area contributed by atoms with Crippen molar-refractivity contribution < 1.29 is 4.92 Å². The van der Waals surface area contributed by atoms with Crippen LogP contribution in [0.4, 0.5) is 11.5 Å². The fraction of sp³-hybridized carbons (Fsp3) is 0.643. The van der Waals surface area contributed by atoms with Crippen molar-refractivity contribution in [1.29, 1.82) is 0 Å². The molecule has 1 heterocycles. The number of hydrogen-bond donors (Lipinski definition) is 1. The van der Waals surface area contributed by atoms with Gasteiger partial charge in [0, 0.05) is 12.1 Å². The van der Waals surface area contributed by atoms with Crippen LogP contribution in [-0.4, -0.2) is 16.5 Å². The standard InChI is InChI=1S/C14H20BrN3O2/c1-9-5-3-4-6-11(9)7-16-14-13(15)10(2)12(8-17-14)18(19)20/h8-9,11H,3-7H2,1-2H3,(H,16,17). The molecule has 20 heavy (non-hydrogen) atoms. The second-order valence-corrected chi connectivity index (χ2v) is 6.38. The van der Waals surface area contributed by atoms with Gasteiger partial charge in [0.05, 0.1) is 9.40 Å². The van der Waals surface area contributed by atoms with Crippen LogP contribution in [0.25, 0.3) is 0 Å². The molecule has 0 aromatic carbocycles. The molecule has 1 aliphatic rings. The highest BCUT2D eigenvalue weighted by atomic mass is 79.9. The van der Waals surface area contributed by atoms with Gasteiger partial charge in [-0.1, -0.05) is 26.2 Å². The first-order valence-corrected chi connectivity index (χ1v) is 7.83. The fourth-order valence-electron chi connectivity index (χ4n) is 2.80. The lowest BCUT2D eigenvalue weighted by molar-refractivity contribution is -0.385.